The SMILES string of the molecule is C[C@H]1CC[C@@H](c2cc(C(F)(F)F)cc(C(F)(F)F)c2)CC1. The van der Waals surface area contributed by atoms with Crippen molar-refractivity contribution >= 4 is 0 Å². The predicted molar refractivity (Wildman–Crippen MR) is 66.8 cm³/mol. The Labute approximate surface area is 119 Å². The van der Waals surface area contributed by atoms with E-state index in [-0.39, 0.29) is 17.5 Å². The predicted octanol–water partition coefficient (Wildman–Crippen LogP) is 6.02. The first-order chi connectivity index (χ1) is 9.57. The number of hydrogen-bond acceptors (Lipinski definition) is 0. The first-order valence-corrected chi connectivity index (χ1v) is 6.86. The highest BCUT2D eigenvalue weighted by molar-refractivity contribution is 5.35. The molecule has 0 amide bonds. The van der Waals surface area contributed by atoms with E-state index in [2.05, 4.69) is 0 Å². The van der Waals surface area contributed by atoms with Crippen LogP contribution in [0.5, 0.6) is 0 Å². The van der Waals surface area contributed by atoms with Crippen molar-refractivity contribution in [3.8, 4) is 0 Å². The van der Waals surface area contributed by atoms with E-state index in [1.54, 1.807) is 0 Å². The lowest BCUT2D eigenvalue weighted by Gasteiger charge is -2.27. The van der Waals surface area contributed by atoms with Crippen molar-refractivity contribution < 1.29 is 26.3 Å². The van der Waals surface area contributed by atoms with Crippen molar-refractivity contribution in [2.45, 2.75) is 50.9 Å². The maximum absolute atomic E-state index is 12.8. The molecule has 1 aromatic carbocycles. The highest BCUT2D eigenvalue weighted by Crippen LogP contribution is 2.41. The van der Waals surface area contributed by atoms with Gasteiger partial charge in [-0.2, -0.15) is 26.3 Å². The molecule has 1 aromatic rings. The van der Waals surface area contributed by atoms with Crippen LogP contribution in [0.2, 0.25) is 0 Å². The van der Waals surface area contributed by atoms with Gasteiger partial charge < -0.3 is 0 Å². The quantitative estimate of drug-likeness (QED) is 0.557. The highest BCUT2D eigenvalue weighted by Gasteiger charge is 2.37. The zero-order valence-corrected chi connectivity index (χ0v) is 11.5. The molecule has 2 rings (SSSR count). The molecule has 0 unspecified atom stereocenters. The summed E-state index contributed by atoms with van der Waals surface area (Å²) in [6.07, 6.45) is -6.58. The minimum Gasteiger partial charge on any atom is -0.166 e. The summed E-state index contributed by atoms with van der Waals surface area (Å²) in [6.45, 7) is 2.05. The average molecular weight is 310 g/mol. The Morgan fingerprint density at radius 1 is 0.762 bits per heavy atom. The summed E-state index contributed by atoms with van der Waals surface area (Å²) < 4.78 is 76.8. The molecule has 0 bridgehead atoms. The van der Waals surface area contributed by atoms with E-state index in [1.807, 2.05) is 6.92 Å². The van der Waals surface area contributed by atoms with Crippen molar-refractivity contribution in [1.82, 2.24) is 0 Å². The van der Waals surface area contributed by atoms with Crippen molar-refractivity contribution in [3.05, 3.63) is 34.9 Å². The summed E-state index contributed by atoms with van der Waals surface area (Å²) >= 11 is 0. The molecule has 1 aliphatic carbocycles. The number of hydrogen-bond donors (Lipinski definition) is 0. The third-order valence-corrected chi connectivity index (χ3v) is 4.10. The van der Waals surface area contributed by atoms with Gasteiger partial charge in [0, 0.05) is 0 Å². The lowest BCUT2D eigenvalue weighted by Crippen LogP contribution is -2.15. The topological polar surface area (TPSA) is 0 Å². The molecule has 0 heterocycles. The molecule has 0 saturated heterocycles. The fraction of sp³-hybridized carbons (Fsp3) is 0.600. The van der Waals surface area contributed by atoms with Crippen LogP contribution in [0.1, 0.15) is 55.2 Å². The molecule has 1 fully saturated rings. The Bertz CT molecular complexity index is 460. The van der Waals surface area contributed by atoms with E-state index in [1.165, 1.54) is 0 Å². The summed E-state index contributed by atoms with van der Waals surface area (Å²) in [6, 6.07) is 1.93. The number of alkyl halides is 6. The lowest BCUT2D eigenvalue weighted by molar-refractivity contribution is -0.143. The van der Waals surface area contributed by atoms with Gasteiger partial charge in [-0.05, 0) is 48.4 Å². The van der Waals surface area contributed by atoms with Crippen LogP contribution in [0.4, 0.5) is 26.3 Å². The third kappa shape index (κ3) is 3.92. The molecule has 1 aliphatic rings. The van der Waals surface area contributed by atoms with Gasteiger partial charge in [-0.25, -0.2) is 0 Å². The van der Waals surface area contributed by atoms with Crippen LogP contribution in [0.25, 0.3) is 0 Å². The van der Waals surface area contributed by atoms with E-state index in [9.17, 15) is 26.3 Å². The molecule has 0 aromatic heterocycles. The van der Waals surface area contributed by atoms with Gasteiger partial charge in [-0.1, -0.05) is 19.8 Å². The van der Waals surface area contributed by atoms with E-state index < -0.39 is 23.5 Å². The zero-order valence-electron chi connectivity index (χ0n) is 11.5. The Kier molecular flexibility index (Phi) is 4.26. The van der Waals surface area contributed by atoms with Crippen molar-refractivity contribution in [2.75, 3.05) is 0 Å². The van der Waals surface area contributed by atoms with Crippen LogP contribution in [0.3, 0.4) is 0 Å². The maximum atomic E-state index is 12.8. The van der Waals surface area contributed by atoms with Gasteiger partial charge in [0.15, 0.2) is 0 Å². The molecule has 118 valence electrons. The second-order valence-corrected chi connectivity index (χ2v) is 5.80. The van der Waals surface area contributed by atoms with E-state index >= 15 is 0 Å². The van der Waals surface area contributed by atoms with Crippen LogP contribution in [-0.4, -0.2) is 0 Å². The van der Waals surface area contributed by atoms with Gasteiger partial charge in [0.1, 0.15) is 0 Å². The maximum Gasteiger partial charge on any atom is 0.416 e. The van der Waals surface area contributed by atoms with Crippen LogP contribution in [0, 0.1) is 5.92 Å². The van der Waals surface area contributed by atoms with Crippen molar-refractivity contribution in [3.63, 3.8) is 0 Å². The fourth-order valence-electron chi connectivity index (χ4n) is 2.81. The molecule has 0 N–H and O–H groups in total. The van der Waals surface area contributed by atoms with Gasteiger partial charge in [-0.3, -0.25) is 0 Å². The Morgan fingerprint density at radius 3 is 1.57 bits per heavy atom. The average Bonchev–Trinajstić information content (AvgIpc) is 2.37. The van der Waals surface area contributed by atoms with Gasteiger partial charge >= 0.3 is 12.4 Å². The first-order valence-electron chi connectivity index (χ1n) is 6.86. The minimum atomic E-state index is -4.77. The van der Waals surface area contributed by atoms with Crippen LogP contribution < -0.4 is 0 Å². The van der Waals surface area contributed by atoms with E-state index in [0.29, 0.717) is 18.8 Å². The molecule has 0 nitrogen and oxygen atoms in total. The summed E-state index contributed by atoms with van der Waals surface area (Å²) in [7, 11) is 0. The van der Waals surface area contributed by atoms with Crippen LogP contribution in [-0.2, 0) is 12.4 Å². The number of halogens is 6. The normalized spacial score (nSPS) is 24.1. The second-order valence-electron chi connectivity index (χ2n) is 5.80. The molecule has 0 spiro atoms. The molecular formula is C15H16F6. The zero-order chi connectivity index (χ0) is 15.8. The minimum absolute atomic E-state index is 0.157. The van der Waals surface area contributed by atoms with E-state index in [0.717, 1.165) is 25.0 Å². The third-order valence-electron chi connectivity index (χ3n) is 4.10. The second kappa shape index (κ2) is 5.54. The molecule has 21 heavy (non-hydrogen) atoms. The van der Waals surface area contributed by atoms with Gasteiger partial charge in [-0.15, -0.1) is 0 Å². The Balaban J connectivity index is 2.41. The van der Waals surface area contributed by atoms with Crippen LogP contribution in [0.15, 0.2) is 18.2 Å². The standard InChI is InChI=1S/C15H16F6/c1-9-2-4-10(5-3-9)11-6-12(14(16,17)18)8-13(7-11)15(19,20)21/h6-10H,2-5H2,1H3/t9-,10+. The van der Waals surface area contributed by atoms with Crippen LogP contribution >= 0.6 is 0 Å². The summed E-state index contributed by atoms with van der Waals surface area (Å²) in [4.78, 5) is 0. The Morgan fingerprint density at radius 2 is 1.19 bits per heavy atom. The molecule has 1 saturated carbocycles. The van der Waals surface area contributed by atoms with Gasteiger partial charge in [0.2, 0.25) is 0 Å². The molecule has 0 atom stereocenters. The monoisotopic (exact) mass is 310 g/mol. The van der Waals surface area contributed by atoms with Gasteiger partial charge in [0.05, 0.1) is 11.1 Å². The molecule has 6 heteroatoms. The summed E-state index contributed by atoms with van der Waals surface area (Å²) in [5, 5.41) is 0. The van der Waals surface area contributed by atoms with E-state index in [4.69, 9.17) is 0 Å². The fourth-order valence-corrected chi connectivity index (χ4v) is 2.81. The number of benzene rings is 1. The van der Waals surface area contributed by atoms with Crippen molar-refractivity contribution in [2.24, 2.45) is 5.92 Å². The first kappa shape index (κ1) is 16.2. The highest BCUT2D eigenvalue weighted by atomic mass is 19.4. The summed E-state index contributed by atoms with van der Waals surface area (Å²) in [5.41, 5.74) is -2.28. The largest absolute Gasteiger partial charge is 0.416 e. The number of rotatable bonds is 1. The smallest absolute Gasteiger partial charge is 0.166 e. The molecule has 0 aliphatic heterocycles. The Hall–Kier alpha value is -1.20. The lowest BCUT2D eigenvalue weighted by atomic mass is 9.79. The van der Waals surface area contributed by atoms with Crippen molar-refractivity contribution in [1.29, 1.82) is 0 Å². The van der Waals surface area contributed by atoms with Gasteiger partial charge in [0.25, 0.3) is 0 Å². The molecule has 0 radical (unpaired) electrons. The summed E-state index contributed by atoms with van der Waals surface area (Å²) in [5.74, 6) is 0.263. The molecular weight excluding hydrogens is 294 g/mol.